The molecular formula is C13H14BrFN2O. The Morgan fingerprint density at radius 1 is 1.33 bits per heavy atom. The molecule has 18 heavy (non-hydrogen) atoms. The van der Waals surface area contributed by atoms with Crippen LogP contribution in [-0.4, -0.2) is 5.16 Å². The summed E-state index contributed by atoms with van der Waals surface area (Å²) >= 11 is 3.18. The first kappa shape index (κ1) is 13.1. The van der Waals surface area contributed by atoms with Gasteiger partial charge in [-0.3, -0.25) is 0 Å². The maximum Gasteiger partial charge on any atom is 0.138 e. The average molecular weight is 313 g/mol. The minimum Gasteiger partial charge on any atom is -0.381 e. The van der Waals surface area contributed by atoms with E-state index < -0.39 is 0 Å². The van der Waals surface area contributed by atoms with E-state index in [1.165, 1.54) is 6.07 Å². The molecule has 0 unspecified atom stereocenters. The molecule has 1 aromatic heterocycles. The number of hydrogen-bond donors (Lipinski definition) is 1. The third kappa shape index (κ3) is 2.56. The Morgan fingerprint density at radius 3 is 2.67 bits per heavy atom. The predicted molar refractivity (Wildman–Crippen MR) is 72.1 cm³/mol. The van der Waals surface area contributed by atoms with Crippen LogP contribution in [-0.2, 0) is 6.54 Å². The van der Waals surface area contributed by atoms with Gasteiger partial charge in [0.2, 0.25) is 0 Å². The Kier molecular flexibility index (Phi) is 3.71. The molecule has 0 bridgehead atoms. The Morgan fingerprint density at radius 2 is 2.06 bits per heavy atom. The number of rotatable bonds is 3. The Hall–Kier alpha value is -1.36. The molecule has 96 valence electrons. The SMILES string of the molecule is Cc1cc(F)c(Br)cc1NCc1c(C)noc1C. The summed E-state index contributed by atoms with van der Waals surface area (Å²) in [5.41, 5.74) is 3.67. The highest BCUT2D eigenvalue weighted by molar-refractivity contribution is 9.10. The number of aryl methyl sites for hydroxylation is 3. The highest BCUT2D eigenvalue weighted by atomic mass is 79.9. The summed E-state index contributed by atoms with van der Waals surface area (Å²) in [6.45, 7) is 6.26. The normalized spacial score (nSPS) is 10.7. The van der Waals surface area contributed by atoms with Gasteiger partial charge in [0.05, 0.1) is 10.2 Å². The van der Waals surface area contributed by atoms with E-state index in [-0.39, 0.29) is 5.82 Å². The summed E-state index contributed by atoms with van der Waals surface area (Å²) in [7, 11) is 0. The van der Waals surface area contributed by atoms with Crippen LogP contribution in [0.5, 0.6) is 0 Å². The first-order valence-corrected chi connectivity index (χ1v) is 6.39. The van der Waals surface area contributed by atoms with Crippen LogP contribution >= 0.6 is 15.9 Å². The predicted octanol–water partition coefficient (Wildman–Crippen LogP) is 4.11. The van der Waals surface area contributed by atoms with Gasteiger partial charge >= 0.3 is 0 Å². The second-order valence-electron chi connectivity index (χ2n) is 4.24. The zero-order valence-electron chi connectivity index (χ0n) is 10.5. The molecule has 5 heteroatoms. The van der Waals surface area contributed by atoms with E-state index in [0.29, 0.717) is 11.0 Å². The van der Waals surface area contributed by atoms with Crippen molar-refractivity contribution < 1.29 is 8.91 Å². The molecule has 3 nitrogen and oxygen atoms in total. The molecule has 0 aliphatic rings. The van der Waals surface area contributed by atoms with Gasteiger partial charge in [0.1, 0.15) is 11.6 Å². The van der Waals surface area contributed by atoms with Crippen LogP contribution in [0.25, 0.3) is 0 Å². The van der Waals surface area contributed by atoms with E-state index in [0.717, 1.165) is 28.3 Å². The van der Waals surface area contributed by atoms with Crippen LogP contribution in [0.1, 0.15) is 22.6 Å². The van der Waals surface area contributed by atoms with E-state index in [2.05, 4.69) is 26.4 Å². The number of hydrogen-bond acceptors (Lipinski definition) is 3. The van der Waals surface area contributed by atoms with Crippen LogP contribution < -0.4 is 5.32 Å². The van der Waals surface area contributed by atoms with Crippen molar-refractivity contribution in [3.05, 3.63) is 45.0 Å². The molecule has 1 N–H and O–H groups in total. The molecular weight excluding hydrogens is 299 g/mol. The quantitative estimate of drug-likeness (QED) is 0.926. The molecule has 1 aromatic carbocycles. The standard InChI is InChI=1S/C13H14BrFN2O/c1-7-4-12(15)11(14)5-13(7)16-6-10-8(2)17-18-9(10)3/h4-5,16H,6H2,1-3H3. The fourth-order valence-corrected chi connectivity index (χ4v) is 2.12. The molecule has 0 atom stereocenters. The Balaban J connectivity index is 2.18. The van der Waals surface area contributed by atoms with E-state index in [1.807, 2.05) is 20.8 Å². The second kappa shape index (κ2) is 5.10. The van der Waals surface area contributed by atoms with E-state index >= 15 is 0 Å². The maximum absolute atomic E-state index is 13.3. The second-order valence-corrected chi connectivity index (χ2v) is 5.09. The zero-order chi connectivity index (χ0) is 13.3. The monoisotopic (exact) mass is 312 g/mol. The molecule has 2 rings (SSSR count). The lowest BCUT2D eigenvalue weighted by atomic mass is 10.1. The van der Waals surface area contributed by atoms with Crippen LogP contribution in [0.15, 0.2) is 21.1 Å². The molecule has 0 aliphatic carbocycles. The molecule has 0 fully saturated rings. The van der Waals surface area contributed by atoms with Gasteiger partial charge in [-0.15, -0.1) is 0 Å². The lowest BCUT2D eigenvalue weighted by Crippen LogP contribution is -2.03. The van der Waals surface area contributed by atoms with Crippen LogP contribution in [0.4, 0.5) is 10.1 Å². The van der Waals surface area contributed by atoms with Crippen molar-refractivity contribution in [1.29, 1.82) is 0 Å². The number of benzene rings is 1. The lowest BCUT2D eigenvalue weighted by Gasteiger charge is -2.10. The molecule has 0 radical (unpaired) electrons. The number of nitrogens with zero attached hydrogens (tertiary/aromatic N) is 1. The largest absolute Gasteiger partial charge is 0.381 e. The molecule has 0 saturated carbocycles. The van der Waals surface area contributed by atoms with Crippen LogP contribution in [0.3, 0.4) is 0 Å². The fraction of sp³-hybridized carbons (Fsp3) is 0.308. The van der Waals surface area contributed by atoms with Crippen molar-refractivity contribution in [2.45, 2.75) is 27.3 Å². The summed E-state index contributed by atoms with van der Waals surface area (Å²) in [6, 6.07) is 3.24. The molecule has 0 amide bonds. The summed E-state index contributed by atoms with van der Waals surface area (Å²) in [5.74, 6) is 0.550. The van der Waals surface area contributed by atoms with Crippen molar-refractivity contribution in [2.24, 2.45) is 0 Å². The number of halogens is 2. The summed E-state index contributed by atoms with van der Waals surface area (Å²) < 4.78 is 18.9. The lowest BCUT2D eigenvalue weighted by molar-refractivity contribution is 0.392. The first-order valence-electron chi connectivity index (χ1n) is 5.60. The number of anilines is 1. The van der Waals surface area contributed by atoms with Crippen molar-refractivity contribution in [3.8, 4) is 0 Å². The van der Waals surface area contributed by atoms with Crippen molar-refractivity contribution >= 4 is 21.6 Å². The molecule has 0 saturated heterocycles. The fourth-order valence-electron chi connectivity index (χ4n) is 1.77. The number of nitrogens with one attached hydrogen (secondary N) is 1. The Bertz CT molecular complexity index is 561. The van der Waals surface area contributed by atoms with Gasteiger partial charge in [0.15, 0.2) is 0 Å². The van der Waals surface area contributed by atoms with Crippen molar-refractivity contribution in [1.82, 2.24) is 5.16 Å². The number of aromatic nitrogens is 1. The minimum absolute atomic E-state index is 0.254. The summed E-state index contributed by atoms with van der Waals surface area (Å²) in [4.78, 5) is 0. The van der Waals surface area contributed by atoms with Gasteiger partial charge in [-0.25, -0.2) is 4.39 Å². The van der Waals surface area contributed by atoms with Gasteiger partial charge in [-0.05, 0) is 54.4 Å². The van der Waals surface area contributed by atoms with E-state index in [1.54, 1.807) is 6.07 Å². The van der Waals surface area contributed by atoms with Crippen LogP contribution in [0.2, 0.25) is 0 Å². The van der Waals surface area contributed by atoms with Gasteiger partial charge < -0.3 is 9.84 Å². The maximum atomic E-state index is 13.3. The van der Waals surface area contributed by atoms with Crippen molar-refractivity contribution in [2.75, 3.05) is 5.32 Å². The summed E-state index contributed by atoms with van der Waals surface area (Å²) in [5, 5.41) is 7.17. The molecule has 1 heterocycles. The third-order valence-corrected chi connectivity index (χ3v) is 3.51. The summed E-state index contributed by atoms with van der Waals surface area (Å²) in [6.07, 6.45) is 0. The first-order chi connectivity index (χ1) is 8.49. The van der Waals surface area contributed by atoms with Crippen molar-refractivity contribution in [3.63, 3.8) is 0 Å². The smallest absolute Gasteiger partial charge is 0.138 e. The van der Waals surface area contributed by atoms with E-state index in [9.17, 15) is 4.39 Å². The van der Waals surface area contributed by atoms with Gasteiger partial charge in [-0.1, -0.05) is 5.16 Å². The minimum atomic E-state index is -0.254. The Labute approximate surface area is 113 Å². The highest BCUT2D eigenvalue weighted by Crippen LogP contribution is 2.25. The zero-order valence-corrected chi connectivity index (χ0v) is 12.1. The highest BCUT2D eigenvalue weighted by Gasteiger charge is 2.10. The third-order valence-electron chi connectivity index (χ3n) is 2.90. The molecule has 0 spiro atoms. The van der Waals surface area contributed by atoms with E-state index in [4.69, 9.17) is 4.52 Å². The van der Waals surface area contributed by atoms with Crippen LogP contribution in [0, 0.1) is 26.6 Å². The molecule has 2 aromatic rings. The van der Waals surface area contributed by atoms with Gasteiger partial charge in [0.25, 0.3) is 0 Å². The van der Waals surface area contributed by atoms with Gasteiger partial charge in [-0.2, -0.15) is 0 Å². The average Bonchev–Trinajstić information content (AvgIpc) is 2.62. The molecule has 0 aliphatic heterocycles. The topological polar surface area (TPSA) is 38.1 Å². The van der Waals surface area contributed by atoms with Gasteiger partial charge in [0, 0.05) is 17.8 Å².